The summed E-state index contributed by atoms with van der Waals surface area (Å²) in [5.74, 6) is 0.181. The van der Waals surface area contributed by atoms with Gasteiger partial charge < -0.3 is 10.4 Å². The fraction of sp³-hybridized carbons (Fsp3) is 0.538. The van der Waals surface area contributed by atoms with Crippen LogP contribution in [0.1, 0.15) is 36.7 Å². The minimum atomic E-state index is -0.982. The molecule has 1 fully saturated rings. The Labute approximate surface area is 111 Å². The van der Waals surface area contributed by atoms with Crippen molar-refractivity contribution < 1.29 is 9.90 Å². The maximum Gasteiger partial charge on any atom is 0.354 e. The molecule has 1 saturated carbocycles. The lowest BCUT2D eigenvalue weighted by Gasteiger charge is -2.14. The fourth-order valence-corrected chi connectivity index (χ4v) is 3.47. The highest BCUT2D eigenvalue weighted by Crippen LogP contribution is 2.31. The second-order valence-electron chi connectivity index (χ2n) is 4.47. The van der Waals surface area contributed by atoms with Crippen molar-refractivity contribution in [3.05, 3.63) is 24.0 Å². The maximum atomic E-state index is 10.8. The second-order valence-corrected chi connectivity index (χ2v) is 6.04. The van der Waals surface area contributed by atoms with Crippen LogP contribution in [-0.4, -0.2) is 33.1 Å². The van der Waals surface area contributed by atoms with Crippen LogP contribution in [-0.2, 0) is 0 Å². The minimum absolute atomic E-state index is 0.0949. The summed E-state index contributed by atoms with van der Waals surface area (Å²) in [4.78, 5) is 14.6. The van der Waals surface area contributed by atoms with Crippen molar-refractivity contribution in [1.29, 1.82) is 0 Å². The molecule has 2 N–H and O–H groups in total. The van der Waals surface area contributed by atoms with Crippen molar-refractivity contribution in [3.8, 4) is 0 Å². The van der Waals surface area contributed by atoms with E-state index in [1.54, 1.807) is 12.3 Å². The van der Waals surface area contributed by atoms with Crippen LogP contribution in [0.4, 0.5) is 5.69 Å². The predicted octanol–water partition coefficient (Wildman–Crippen LogP) is 2.87. The first-order valence-electron chi connectivity index (χ1n) is 6.26. The molecule has 1 aliphatic rings. The van der Waals surface area contributed by atoms with E-state index < -0.39 is 5.97 Å². The Bertz CT molecular complexity index is 425. The van der Waals surface area contributed by atoms with Crippen molar-refractivity contribution in [2.45, 2.75) is 37.5 Å². The molecule has 0 spiro atoms. The Morgan fingerprint density at radius 1 is 1.61 bits per heavy atom. The topological polar surface area (TPSA) is 62.2 Å². The smallest absolute Gasteiger partial charge is 0.354 e. The molecule has 0 aliphatic heterocycles. The zero-order valence-electron chi connectivity index (χ0n) is 10.4. The number of aromatic nitrogens is 1. The maximum absolute atomic E-state index is 10.8. The van der Waals surface area contributed by atoms with Gasteiger partial charge in [-0.3, -0.25) is 0 Å². The molecular formula is C13H18N2O2S. The van der Waals surface area contributed by atoms with Crippen LogP contribution in [0.25, 0.3) is 0 Å². The van der Waals surface area contributed by atoms with Gasteiger partial charge in [-0.15, -0.1) is 0 Å². The van der Waals surface area contributed by atoms with Gasteiger partial charge in [0, 0.05) is 23.2 Å². The number of rotatable bonds is 5. The summed E-state index contributed by atoms with van der Waals surface area (Å²) in [6, 6.07) is 3.88. The van der Waals surface area contributed by atoms with E-state index in [0.717, 1.165) is 29.5 Å². The van der Waals surface area contributed by atoms with Crippen LogP contribution < -0.4 is 5.32 Å². The first-order valence-corrected chi connectivity index (χ1v) is 7.31. The largest absolute Gasteiger partial charge is 0.477 e. The van der Waals surface area contributed by atoms with Crippen LogP contribution >= 0.6 is 11.8 Å². The van der Waals surface area contributed by atoms with Gasteiger partial charge in [0.05, 0.1) is 0 Å². The third-order valence-corrected chi connectivity index (χ3v) is 4.37. The zero-order valence-corrected chi connectivity index (χ0v) is 11.2. The molecule has 1 aliphatic carbocycles. The lowest BCUT2D eigenvalue weighted by molar-refractivity contribution is 0.0690. The van der Waals surface area contributed by atoms with Gasteiger partial charge in [0.2, 0.25) is 0 Å². The van der Waals surface area contributed by atoms with Crippen molar-refractivity contribution in [2.75, 3.05) is 11.1 Å². The van der Waals surface area contributed by atoms with Gasteiger partial charge in [0.25, 0.3) is 0 Å². The molecule has 1 aromatic rings. The number of nitrogens with zero attached hydrogens (tertiary/aromatic N) is 1. The summed E-state index contributed by atoms with van der Waals surface area (Å²) in [5, 5.41) is 13.0. The number of carbonyl (C=O) groups is 1. The molecule has 2 atom stereocenters. The molecule has 4 nitrogen and oxygen atoms in total. The molecule has 2 rings (SSSR count). The van der Waals surface area contributed by atoms with Crippen LogP contribution in [0, 0.1) is 0 Å². The third kappa shape index (κ3) is 3.38. The molecular weight excluding hydrogens is 248 g/mol. The first kappa shape index (κ1) is 13.2. The molecule has 0 amide bonds. The normalized spacial score (nSPS) is 22.9. The van der Waals surface area contributed by atoms with Gasteiger partial charge in [0.1, 0.15) is 5.69 Å². The summed E-state index contributed by atoms with van der Waals surface area (Å²) in [6.07, 6.45) is 5.09. The number of nitrogens with one attached hydrogen (secondary N) is 1. The zero-order chi connectivity index (χ0) is 13.0. The Morgan fingerprint density at radius 2 is 2.44 bits per heavy atom. The van der Waals surface area contributed by atoms with Gasteiger partial charge in [-0.2, -0.15) is 11.8 Å². The van der Waals surface area contributed by atoms with E-state index in [9.17, 15) is 4.79 Å². The van der Waals surface area contributed by atoms with E-state index in [1.165, 1.54) is 6.42 Å². The van der Waals surface area contributed by atoms with Crippen molar-refractivity contribution in [1.82, 2.24) is 4.98 Å². The molecule has 0 aromatic carbocycles. The predicted molar refractivity (Wildman–Crippen MR) is 74.4 cm³/mol. The van der Waals surface area contributed by atoms with Crippen LogP contribution in [0.3, 0.4) is 0 Å². The molecule has 1 aromatic heterocycles. The monoisotopic (exact) mass is 266 g/mol. The molecule has 0 radical (unpaired) electrons. The number of hydrogen-bond acceptors (Lipinski definition) is 4. The number of aromatic carboxylic acids is 1. The summed E-state index contributed by atoms with van der Waals surface area (Å²) >= 11 is 2.01. The Hall–Kier alpha value is -1.23. The molecule has 1 heterocycles. The number of thioether (sulfide) groups is 1. The SMILES string of the molecule is CCSC1CCC(Nc2ccnc(C(=O)O)c2)C1. The highest BCUT2D eigenvalue weighted by molar-refractivity contribution is 7.99. The number of pyridine rings is 1. The van der Waals surface area contributed by atoms with E-state index in [1.807, 2.05) is 17.8 Å². The van der Waals surface area contributed by atoms with Crippen LogP contribution in [0.15, 0.2) is 18.3 Å². The summed E-state index contributed by atoms with van der Waals surface area (Å²) in [7, 11) is 0. The van der Waals surface area contributed by atoms with E-state index in [4.69, 9.17) is 5.11 Å². The number of hydrogen-bond donors (Lipinski definition) is 2. The summed E-state index contributed by atoms with van der Waals surface area (Å²) in [6.45, 7) is 2.19. The molecule has 0 saturated heterocycles. The van der Waals surface area contributed by atoms with Crippen LogP contribution in [0.5, 0.6) is 0 Å². The van der Waals surface area contributed by atoms with Gasteiger partial charge >= 0.3 is 5.97 Å². The van der Waals surface area contributed by atoms with Crippen LogP contribution in [0.2, 0.25) is 0 Å². The number of anilines is 1. The Morgan fingerprint density at radius 3 is 3.17 bits per heavy atom. The number of carboxylic acids is 1. The van der Waals surface area contributed by atoms with Crippen molar-refractivity contribution in [2.24, 2.45) is 0 Å². The first-order chi connectivity index (χ1) is 8.69. The quantitative estimate of drug-likeness (QED) is 0.858. The lowest BCUT2D eigenvalue weighted by Crippen LogP contribution is -2.16. The molecule has 98 valence electrons. The lowest BCUT2D eigenvalue weighted by atomic mass is 10.2. The highest BCUT2D eigenvalue weighted by atomic mass is 32.2. The summed E-state index contributed by atoms with van der Waals surface area (Å²) < 4.78 is 0. The molecule has 2 unspecified atom stereocenters. The second kappa shape index (κ2) is 6.09. The molecule has 0 bridgehead atoms. The van der Waals surface area contributed by atoms with Gasteiger partial charge in [-0.1, -0.05) is 6.92 Å². The van der Waals surface area contributed by atoms with Crippen molar-refractivity contribution in [3.63, 3.8) is 0 Å². The van der Waals surface area contributed by atoms with E-state index >= 15 is 0 Å². The highest BCUT2D eigenvalue weighted by Gasteiger charge is 2.24. The van der Waals surface area contributed by atoms with E-state index in [0.29, 0.717) is 6.04 Å². The standard InChI is InChI=1S/C13H18N2O2S/c1-2-18-11-4-3-9(7-11)15-10-5-6-14-12(8-10)13(16)17/h5-6,8-9,11H,2-4,7H2,1H3,(H,14,15)(H,16,17). The molecule has 5 heteroatoms. The van der Waals surface area contributed by atoms with Gasteiger partial charge in [-0.25, -0.2) is 9.78 Å². The fourth-order valence-electron chi connectivity index (χ4n) is 2.33. The minimum Gasteiger partial charge on any atom is -0.477 e. The average Bonchev–Trinajstić information content (AvgIpc) is 2.77. The van der Waals surface area contributed by atoms with Crippen molar-refractivity contribution >= 4 is 23.4 Å². The van der Waals surface area contributed by atoms with Gasteiger partial charge in [-0.05, 0) is 37.1 Å². The van der Waals surface area contributed by atoms with E-state index in [-0.39, 0.29) is 5.69 Å². The third-order valence-electron chi connectivity index (χ3n) is 3.14. The van der Waals surface area contributed by atoms with Gasteiger partial charge in [0.15, 0.2) is 0 Å². The summed E-state index contributed by atoms with van der Waals surface area (Å²) in [5.41, 5.74) is 0.951. The molecule has 18 heavy (non-hydrogen) atoms. The Balaban J connectivity index is 1.94. The average molecular weight is 266 g/mol. The Kier molecular flexibility index (Phi) is 4.47. The van der Waals surface area contributed by atoms with E-state index in [2.05, 4.69) is 17.2 Å². The number of carboxylic acid groups (broad SMARTS) is 1.